The Morgan fingerprint density at radius 2 is 1.00 bits per heavy atom. The van der Waals surface area contributed by atoms with Crippen LogP contribution in [0.1, 0.15) is 0 Å². The predicted octanol–water partition coefficient (Wildman–Crippen LogP) is -3.82. The van der Waals surface area contributed by atoms with Gasteiger partial charge >= 0.3 is 23.9 Å². The second-order valence-electron chi connectivity index (χ2n) is 0. The Morgan fingerprint density at radius 1 is 1.00 bits per heavy atom. The van der Waals surface area contributed by atoms with Gasteiger partial charge in [0.2, 0.25) is 0 Å². The average molecular weight is 247 g/mol. The van der Waals surface area contributed by atoms with Gasteiger partial charge in [-0.3, -0.25) is 0 Å². The summed E-state index contributed by atoms with van der Waals surface area (Å²) >= 11 is 0. The molecule has 0 heterocycles. The standard InChI is InChI=1S/Al.Cu.H3Si.Sn.7H/h;;1H3;;;;;;;;. The molecule has 0 N–H and O–H groups in total. The predicted molar refractivity (Wildman–Crippen MR) is 31.2 cm³/mol. The van der Waals surface area contributed by atoms with Gasteiger partial charge in [0.05, 0.1) is 0 Å². The molecule has 0 unspecified atom stereocenters. The summed E-state index contributed by atoms with van der Waals surface area (Å²) in [6.45, 7) is 0. The molecule has 0 spiro atoms. The summed E-state index contributed by atoms with van der Waals surface area (Å²) in [6.07, 6.45) is 0. The fraction of sp³-hybridized carbons (Fsp3) is 0. The van der Waals surface area contributed by atoms with Crippen LogP contribution in [0.2, 0.25) is 0 Å². The van der Waals surface area contributed by atoms with Crippen molar-refractivity contribution in [1.82, 2.24) is 0 Å². The van der Waals surface area contributed by atoms with Gasteiger partial charge in [0.1, 0.15) is 0 Å². The van der Waals surface area contributed by atoms with Crippen LogP contribution in [0.3, 0.4) is 0 Å². The molecule has 0 aromatic rings. The first kappa shape index (κ1) is 36.5. The zero-order valence-electron chi connectivity index (χ0n) is 1.30. The van der Waals surface area contributed by atoms with E-state index in [1.54, 1.807) is 0 Å². The molecule has 4 heavy (non-hydrogen) atoms. The quantitative estimate of drug-likeness (QED) is 0.385. The van der Waals surface area contributed by atoms with Crippen molar-refractivity contribution < 1.29 is 17.1 Å². The van der Waals surface area contributed by atoms with Gasteiger partial charge in [0.25, 0.3) is 0 Å². The zero-order valence-corrected chi connectivity index (χ0v) is 4.24. The molecule has 4 heteroatoms. The molecule has 0 fully saturated rings. The third-order valence-corrected chi connectivity index (χ3v) is 0. The summed E-state index contributed by atoms with van der Waals surface area (Å²) in [5, 5.41) is 0. The Balaban J connectivity index is 0. The summed E-state index contributed by atoms with van der Waals surface area (Å²) in [4.78, 5) is 0. The first-order valence-corrected chi connectivity index (χ1v) is 0. The molecule has 0 atom stereocenters. The Kier molecular flexibility index (Phi) is 179. The van der Waals surface area contributed by atoms with E-state index >= 15 is 0 Å². The topological polar surface area (TPSA) is 0 Å². The van der Waals surface area contributed by atoms with Gasteiger partial charge in [-0.25, -0.2) is 0 Å². The molecule has 0 aromatic heterocycles. The molecule has 0 rings (SSSR count). The average Bonchev–Trinajstić information content (AvgIpc) is 0. The van der Waals surface area contributed by atoms with Crippen molar-refractivity contribution >= 4 is 52.2 Å². The van der Waals surface area contributed by atoms with Crippen LogP contribution in [-0.4, -0.2) is 52.2 Å². The van der Waals surface area contributed by atoms with Crippen molar-refractivity contribution in [2.75, 3.05) is 0 Å². The minimum atomic E-state index is 0. The fourth-order valence-electron chi connectivity index (χ4n) is 0. The number of hydrogen-bond donors (Lipinski definition) is 0. The van der Waals surface area contributed by atoms with E-state index in [1.807, 2.05) is 0 Å². The molecule has 32 valence electrons. The summed E-state index contributed by atoms with van der Waals surface area (Å²) in [6, 6.07) is 0. The SMILES string of the molecule is [AlH3].[Cu].[SiH3].[SnH4]. The third kappa shape index (κ3) is 8.95. The van der Waals surface area contributed by atoms with Crippen LogP contribution in [0.5, 0.6) is 0 Å². The molecule has 2 radical (unpaired) electrons. The molecule has 0 aromatic carbocycles. The molecule has 0 amide bonds. The molecule has 0 bridgehead atoms. The van der Waals surface area contributed by atoms with Crippen LogP contribution < -0.4 is 0 Å². The molecule has 0 aliphatic rings. The molecular formula is H10AlCuSiSn. The van der Waals surface area contributed by atoms with Crippen molar-refractivity contribution in [1.29, 1.82) is 0 Å². The number of hydrogen-bond acceptors (Lipinski definition) is 0. The summed E-state index contributed by atoms with van der Waals surface area (Å²) in [5.74, 6) is 0. The van der Waals surface area contributed by atoms with Gasteiger partial charge < -0.3 is 0 Å². The van der Waals surface area contributed by atoms with E-state index < -0.39 is 0 Å². The molecule has 0 aliphatic carbocycles. The van der Waals surface area contributed by atoms with Crippen molar-refractivity contribution in [3.63, 3.8) is 0 Å². The fourth-order valence-corrected chi connectivity index (χ4v) is 0. The second kappa shape index (κ2) is 19.6. The van der Waals surface area contributed by atoms with Crippen LogP contribution in [0.25, 0.3) is 0 Å². The van der Waals surface area contributed by atoms with E-state index in [1.165, 1.54) is 0 Å². The van der Waals surface area contributed by atoms with Crippen LogP contribution in [0.15, 0.2) is 0 Å². The van der Waals surface area contributed by atoms with Gasteiger partial charge in [0.15, 0.2) is 17.4 Å². The molecule has 0 aliphatic heterocycles. The van der Waals surface area contributed by atoms with E-state index in [-0.39, 0.29) is 69.3 Å². The van der Waals surface area contributed by atoms with Crippen LogP contribution in [0.4, 0.5) is 0 Å². The van der Waals surface area contributed by atoms with Gasteiger partial charge in [-0.1, -0.05) is 0 Å². The van der Waals surface area contributed by atoms with Gasteiger partial charge in [-0.2, -0.15) is 0 Å². The zero-order chi connectivity index (χ0) is 0. The van der Waals surface area contributed by atoms with E-state index in [4.69, 9.17) is 0 Å². The first-order chi connectivity index (χ1) is 0. The van der Waals surface area contributed by atoms with Crippen LogP contribution >= 0.6 is 0 Å². The van der Waals surface area contributed by atoms with Gasteiger partial charge in [-0.05, 0) is 11.0 Å². The van der Waals surface area contributed by atoms with E-state index in [0.717, 1.165) is 0 Å². The Bertz CT molecular complexity index is 8.00. The monoisotopic (exact) mass is 248 g/mol. The molecule has 0 saturated heterocycles. The Hall–Kier alpha value is 2.07. The van der Waals surface area contributed by atoms with E-state index in [9.17, 15) is 0 Å². The summed E-state index contributed by atoms with van der Waals surface area (Å²) in [7, 11) is 0. The van der Waals surface area contributed by atoms with Crippen molar-refractivity contribution in [3.05, 3.63) is 0 Å². The maximum absolute atomic E-state index is 0. The van der Waals surface area contributed by atoms with Crippen molar-refractivity contribution in [3.8, 4) is 0 Å². The van der Waals surface area contributed by atoms with E-state index in [0.29, 0.717) is 0 Å². The van der Waals surface area contributed by atoms with Crippen molar-refractivity contribution in [2.24, 2.45) is 0 Å². The molecular weight excluding hydrogens is 237 g/mol. The van der Waals surface area contributed by atoms with Crippen molar-refractivity contribution in [2.45, 2.75) is 0 Å². The summed E-state index contributed by atoms with van der Waals surface area (Å²) < 4.78 is 0. The minimum absolute atomic E-state index is 0. The maximum atomic E-state index is 0. The molecule has 0 saturated carbocycles. The summed E-state index contributed by atoms with van der Waals surface area (Å²) in [5.41, 5.74) is 0. The number of rotatable bonds is 0. The molecule has 0 nitrogen and oxygen atoms in total. The van der Waals surface area contributed by atoms with Crippen LogP contribution in [0, 0.1) is 0 Å². The second-order valence-corrected chi connectivity index (χ2v) is 0. The van der Waals surface area contributed by atoms with Crippen LogP contribution in [-0.2, 0) is 17.1 Å². The van der Waals surface area contributed by atoms with E-state index in [2.05, 4.69) is 0 Å². The Labute approximate surface area is 68.7 Å². The van der Waals surface area contributed by atoms with Gasteiger partial charge in [0, 0.05) is 17.1 Å². The van der Waals surface area contributed by atoms with Gasteiger partial charge in [-0.15, -0.1) is 0 Å². The normalized spacial score (nSPS) is 0. The Morgan fingerprint density at radius 3 is 1.00 bits per heavy atom. The first-order valence-electron chi connectivity index (χ1n) is 0. The third-order valence-electron chi connectivity index (χ3n) is 0.